The molecule has 0 aromatic carbocycles. The summed E-state index contributed by atoms with van der Waals surface area (Å²) in [7, 11) is 0. The van der Waals surface area contributed by atoms with Gasteiger partial charge in [0.15, 0.2) is 5.82 Å². The van der Waals surface area contributed by atoms with Crippen LogP contribution in [0, 0.1) is 0 Å². The maximum absolute atomic E-state index is 9.15. The van der Waals surface area contributed by atoms with Crippen molar-refractivity contribution in [2.75, 3.05) is 0 Å². The average Bonchev–Trinajstić information content (AvgIpc) is 2.35. The van der Waals surface area contributed by atoms with E-state index in [1.807, 2.05) is 4.57 Å². The molecule has 0 unspecified atom stereocenters. The Morgan fingerprint density at radius 3 is 3.44 bits per heavy atom. The number of fused-ring (bicyclic) bond motifs is 1. The first-order valence-electron chi connectivity index (χ1n) is 2.93. The maximum atomic E-state index is 9.15. The minimum Gasteiger partial charge on any atom is -0.385 e. The molecule has 2 heterocycles. The molecule has 1 aromatic rings. The summed E-state index contributed by atoms with van der Waals surface area (Å²) in [6, 6.07) is 0. The van der Waals surface area contributed by atoms with Gasteiger partial charge in [0.05, 0.1) is 0 Å². The van der Waals surface area contributed by atoms with Gasteiger partial charge in [-0.1, -0.05) is 0 Å². The summed E-state index contributed by atoms with van der Waals surface area (Å²) < 4.78 is 1.87. The van der Waals surface area contributed by atoms with Gasteiger partial charge in [-0.3, -0.25) is 0 Å². The molecule has 0 saturated carbocycles. The third kappa shape index (κ3) is 0.564. The maximum Gasteiger partial charge on any atom is 0.161 e. The summed E-state index contributed by atoms with van der Waals surface area (Å²) in [5.41, 5.74) is 0. The number of rotatable bonds is 0. The Balaban J connectivity index is 2.49. The minimum absolute atomic E-state index is 0.382. The molecule has 0 saturated heterocycles. The highest BCUT2D eigenvalue weighted by Crippen LogP contribution is 2.21. The molecule has 9 heavy (non-hydrogen) atoms. The van der Waals surface area contributed by atoms with Crippen molar-refractivity contribution in [2.45, 2.75) is 19.1 Å². The van der Waals surface area contributed by atoms with Gasteiger partial charge < -0.3 is 9.67 Å². The summed E-state index contributed by atoms with van der Waals surface area (Å²) in [5, 5.41) is 16.5. The molecular formula is C5H7N3O. The molecule has 48 valence electrons. The zero-order valence-corrected chi connectivity index (χ0v) is 4.86. The van der Waals surface area contributed by atoms with Crippen LogP contribution in [0.25, 0.3) is 0 Å². The fourth-order valence-electron chi connectivity index (χ4n) is 1.08. The number of aliphatic hydroxyl groups is 1. The van der Waals surface area contributed by atoms with Crippen molar-refractivity contribution in [3.05, 3.63) is 12.2 Å². The highest BCUT2D eigenvalue weighted by molar-refractivity contribution is 4.95. The van der Waals surface area contributed by atoms with Gasteiger partial charge in [-0.05, 0) is 6.42 Å². The smallest absolute Gasteiger partial charge is 0.161 e. The van der Waals surface area contributed by atoms with Crippen LogP contribution in [0.1, 0.15) is 18.3 Å². The van der Waals surface area contributed by atoms with Crippen molar-refractivity contribution >= 4 is 0 Å². The van der Waals surface area contributed by atoms with Crippen molar-refractivity contribution in [3.63, 3.8) is 0 Å². The quantitative estimate of drug-likeness (QED) is 0.518. The van der Waals surface area contributed by atoms with Gasteiger partial charge in [0, 0.05) is 6.54 Å². The molecule has 0 aliphatic carbocycles. The van der Waals surface area contributed by atoms with E-state index in [1.54, 1.807) is 6.33 Å². The predicted octanol–water partition coefficient (Wildman–Crippen LogP) is -0.285. The van der Waals surface area contributed by atoms with Crippen LogP contribution in [0.4, 0.5) is 0 Å². The van der Waals surface area contributed by atoms with Gasteiger partial charge in [0.25, 0.3) is 0 Å². The van der Waals surface area contributed by atoms with Crippen LogP contribution >= 0.6 is 0 Å². The molecular weight excluding hydrogens is 118 g/mol. The SMILES string of the molecule is O[C@@H]1CCn2cnnc21. The van der Waals surface area contributed by atoms with Crippen LogP contribution < -0.4 is 0 Å². The Morgan fingerprint density at radius 2 is 2.67 bits per heavy atom. The summed E-state index contributed by atoms with van der Waals surface area (Å²) in [6.45, 7) is 0.851. The van der Waals surface area contributed by atoms with E-state index in [2.05, 4.69) is 10.2 Å². The molecule has 0 radical (unpaired) electrons. The third-order valence-electron chi connectivity index (χ3n) is 1.59. The predicted molar refractivity (Wildman–Crippen MR) is 29.6 cm³/mol. The van der Waals surface area contributed by atoms with Gasteiger partial charge in [0.1, 0.15) is 12.4 Å². The number of nitrogens with zero attached hydrogens (tertiary/aromatic N) is 3. The van der Waals surface area contributed by atoms with E-state index in [4.69, 9.17) is 5.11 Å². The fraction of sp³-hybridized carbons (Fsp3) is 0.600. The second-order valence-corrected chi connectivity index (χ2v) is 2.19. The van der Waals surface area contributed by atoms with Crippen LogP contribution in [-0.4, -0.2) is 19.9 Å². The molecule has 0 fully saturated rings. The highest BCUT2D eigenvalue weighted by Gasteiger charge is 2.21. The van der Waals surface area contributed by atoms with Crippen LogP contribution in [0.2, 0.25) is 0 Å². The Hall–Kier alpha value is -0.900. The normalized spacial score (nSPS) is 24.3. The molecule has 1 aromatic heterocycles. The molecule has 0 amide bonds. The van der Waals surface area contributed by atoms with Crippen LogP contribution in [0.5, 0.6) is 0 Å². The Kier molecular flexibility index (Phi) is 0.843. The summed E-state index contributed by atoms with van der Waals surface area (Å²) in [5.74, 6) is 0.704. The van der Waals surface area contributed by atoms with Crippen LogP contribution in [0.15, 0.2) is 6.33 Å². The van der Waals surface area contributed by atoms with Gasteiger partial charge in [-0.25, -0.2) is 0 Å². The van der Waals surface area contributed by atoms with Crippen LogP contribution in [-0.2, 0) is 6.54 Å². The highest BCUT2D eigenvalue weighted by atomic mass is 16.3. The summed E-state index contributed by atoms with van der Waals surface area (Å²) in [4.78, 5) is 0. The van der Waals surface area contributed by atoms with Gasteiger partial charge >= 0.3 is 0 Å². The average molecular weight is 125 g/mol. The number of hydrogen-bond acceptors (Lipinski definition) is 3. The Labute approximate surface area is 52.1 Å². The molecule has 0 spiro atoms. The summed E-state index contributed by atoms with van der Waals surface area (Å²) in [6.07, 6.45) is 2.05. The third-order valence-corrected chi connectivity index (χ3v) is 1.59. The zero-order chi connectivity index (χ0) is 6.27. The molecule has 2 rings (SSSR count). The second-order valence-electron chi connectivity index (χ2n) is 2.19. The Bertz CT molecular complexity index is 220. The van der Waals surface area contributed by atoms with E-state index in [1.165, 1.54) is 0 Å². The van der Waals surface area contributed by atoms with E-state index in [-0.39, 0.29) is 6.10 Å². The number of aliphatic hydroxyl groups excluding tert-OH is 1. The van der Waals surface area contributed by atoms with Crippen molar-refractivity contribution in [2.24, 2.45) is 0 Å². The van der Waals surface area contributed by atoms with E-state index < -0.39 is 0 Å². The second kappa shape index (κ2) is 1.54. The lowest BCUT2D eigenvalue weighted by atomic mass is 10.3. The molecule has 1 atom stereocenters. The first-order valence-corrected chi connectivity index (χ1v) is 2.93. The molecule has 1 aliphatic heterocycles. The largest absolute Gasteiger partial charge is 0.385 e. The number of aryl methyl sites for hydroxylation is 1. The summed E-state index contributed by atoms with van der Waals surface area (Å²) >= 11 is 0. The number of aromatic nitrogens is 3. The minimum atomic E-state index is -0.382. The van der Waals surface area contributed by atoms with Crippen molar-refractivity contribution < 1.29 is 5.11 Å². The molecule has 0 bridgehead atoms. The lowest BCUT2D eigenvalue weighted by Gasteiger charge is -1.92. The lowest BCUT2D eigenvalue weighted by Crippen LogP contribution is -1.92. The van der Waals surface area contributed by atoms with Crippen molar-refractivity contribution in [1.82, 2.24) is 14.8 Å². The van der Waals surface area contributed by atoms with E-state index in [0.29, 0.717) is 5.82 Å². The first kappa shape index (κ1) is 4.93. The monoisotopic (exact) mass is 125 g/mol. The van der Waals surface area contributed by atoms with E-state index in [9.17, 15) is 0 Å². The Morgan fingerprint density at radius 1 is 1.78 bits per heavy atom. The topological polar surface area (TPSA) is 50.9 Å². The van der Waals surface area contributed by atoms with E-state index >= 15 is 0 Å². The van der Waals surface area contributed by atoms with Crippen LogP contribution in [0.3, 0.4) is 0 Å². The first-order chi connectivity index (χ1) is 4.38. The molecule has 1 N–H and O–H groups in total. The molecule has 4 nitrogen and oxygen atoms in total. The molecule has 4 heteroatoms. The van der Waals surface area contributed by atoms with Gasteiger partial charge in [-0.15, -0.1) is 10.2 Å². The standard InChI is InChI=1S/C5H7N3O/c9-4-1-2-8-3-6-7-5(4)8/h3-4,9H,1-2H2/t4-/m1/s1. The molecule has 1 aliphatic rings. The van der Waals surface area contributed by atoms with Gasteiger partial charge in [0.2, 0.25) is 0 Å². The van der Waals surface area contributed by atoms with Crippen molar-refractivity contribution in [3.8, 4) is 0 Å². The van der Waals surface area contributed by atoms with E-state index in [0.717, 1.165) is 13.0 Å². The lowest BCUT2D eigenvalue weighted by molar-refractivity contribution is 0.175. The fourth-order valence-corrected chi connectivity index (χ4v) is 1.08. The zero-order valence-electron chi connectivity index (χ0n) is 4.86. The van der Waals surface area contributed by atoms with Gasteiger partial charge in [-0.2, -0.15) is 0 Å². The number of hydrogen-bond donors (Lipinski definition) is 1. The van der Waals surface area contributed by atoms with Crippen molar-refractivity contribution in [1.29, 1.82) is 0 Å².